The second-order valence-corrected chi connectivity index (χ2v) is 12.1. The maximum Gasteiger partial charge on any atom is 0.331 e. The van der Waals surface area contributed by atoms with Crippen LogP contribution in [-0.4, -0.2) is 51.2 Å². The van der Waals surface area contributed by atoms with Gasteiger partial charge in [0, 0.05) is 23.3 Å². The summed E-state index contributed by atoms with van der Waals surface area (Å²) in [6.45, 7) is 3.08. The quantitative estimate of drug-likeness (QED) is 0.420. The van der Waals surface area contributed by atoms with Crippen molar-refractivity contribution in [1.29, 1.82) is 0 Å². The van der Waals surface area contributed by atoms with Gasteiger partial charge >= 0.3 is 5.97 Å². The number of carboxylic acids is 1. The van der Waals surface area contributed by atoms with E-state index >= 15 is 0 Å². The molecule has 0 radical (unpaired) electrons. The molecule has 204 valence electrons. The van der Waals surface area contributed by atoms with Crippen LogP contribution in [0.25, 0.3) is 0 Å². The summed E-state index contributed by atoms with van der Waals surface area (Å²) in [5.41, 5.74) is 0.101. The van der Waals surface area contributed by atoms with Crippen LogP contribution >= 0.6 is 0 Å². The van der Waals surface area contributed by atoms with Crippen molar-refractivity contribution in [2.24, 2.45) is 28.6 Å². The molecular weight excluding hydrogens is 478 g/mol. The number of carboxylic acid groups (broad SMARTS) is 1. The molecule has 9 nitrogen and oxygen atoms in total. The van der Waals surface area contributed by atoms with Crippen molar-refractivity contribution >= 4 is 11.9 Å². The largest absolute Gasteiger partial charge is 0.549 e. The molecule has 2 heterocycles. The number of esters is 1. The topological polar surface area (TPSA) is 168 Å². The van der Waals surface area contributed by atoms with E-state index in [9.17, 15) is 30.0 Å². The molecule has 1 aliphatic heterocycles. The zero-order valence-electron chi connectivity index (χ0n) is 21.5. The van der Waals surface area contributed by atoms with Crippen LogP contribution in [0.1, 0.15) is 70.5 Å². The highest BCUT2D eigenvalue weighted by Crippen LogP contribution is 2.70. The summed E-state index contributed by atoms with van der Waals surface area (Å²) in [6.07, 6.45) is 6.30. The number of ether oxygens (including phenoxy) is 1. The van der Waals surface area contributed by atoms with Gasteiger partial charge < -0.3 is 40.1 Å². The molecule has 1 aromatic heterocycles. The van der Waals surface area contributed by atoms with Crippen molar-refractivity contribution in [2.75, 3.05) is 6.61 Å². The minimum Gasteiger partial charge on any atom is -0.549 e. The highest BCUT2D eigenvalue weighted by atomic mass is 16.5. The molecule has 4 fully saturated rings. The highest BCUT2D eigenvalue weighted by Gasteiger charge is 2.71. The molecular formula is C28H39NO8. The molecule has 37 heavy (non-hydrogen) atoms. The number of hydrogen-bond donors (Lipinski definition) is 4. The molecule has 0 amide bonds. The highest BCUT2D eigenvalue weighted by molar-refractivity contribution is 5.85. The van der Waals surface area contributed by atoms with Gasteiger partial charge in [0.25, 0.3) is 0 Å². The molecule has 0 aromatic carbocycles. The molecule has 8 atom stereocenters. The van der Waals surface area contributed by atoms with Gasteiger partial charge in [-0.1, -0.05) is 6.92 Å². The number of aliphatic carboxylic acids is 1. The van der Waals surface area contributed by atoms with Gasteiger partial charge in [-0.2, -0.15) is 0 Å². The number of quaternary nitrogens is 1. The van der Waals surface area contributed by atoms with Crippen molar-refractivity contribution in [3.63, 3.8) is 0 Å². The Balaban J connectivity index is 0.000000348. The van der Waals surface area contributed by atoms with Crippen molar-refractivity contribution in [3.05, 3.63) is 35.8 Å². The van der Waals surface area contributed by atoms with Gasteiger partial charge in [0.1, 0.15) is 13.2 Å². The number of carbonyl (C=O) groups excluding carboxylic acids is 2. The number of furan rings is 1. The Morgan fingerprint density at radius 3 is 2.49 bits per heavy atom. The van der Waals surface area contributed by atoms with E-state index in [4.69, 9.17) is 9.15 Å². The van der Waals surface area contributed by atoms with Gasteiger partial charge in [-0.25, -0.2) is 4.79 Å². The van der Waals surface area contributed by atoms with Gasteiger partial charge in [0.15, 0.2) is 5.76 Å². The number of rotatable bonds is 3. The lowest BCUT2D eigenvalue weighted by Crippen LogP contribution is -2.72. The predicted octanol–water partition coefficient (Wildman–Crippen LogP) is 0.471. The fourth-order valence-corrected chi connectivity index (χ4v) is 8.92. The summed E-state index contributed by atoms with van der Waals surface area (Å²) in [7, 11) is 0. The normalized spacial score (nSPS) is 44.5. The lowest BCUT2D eigenvalue weighted by Gasteiger charge is -2.67. The first-order valence-electron chi connectivity index (χ1n) is 13.5. The summed E-state index contributed by atoms with van der Waals surface area (Å²) in [6, 6.07) is 3.77. The van der Waals surface area contributed by atoms with Crippen LogP contribution in [-0.2, 0) is 20.9 Å². The first-order valence-corrected chi connectivity index (χ1v) is 13.5. The molecule has 0 spiro atoms. The Morgan fingerprint density at radius 1 is 1.14 bits per heavy atom. The van der Waals surface area contributed by atoms with E-state index in [1.165, 1.54) is 0 Å². The van der Waals surface area contributed by atoms with Gasteiger partial charge in [-0.05, 0) is 86.8 Å². The van der Waals surface area contributed by atoms with E-state index in [0.717, 1.165) is 24.3 Å². The lowest BCUT2D eigenvalue weighted by atomic mass is 9.41. The minimum atomic E-state index is -1.50. The van der Waals surface area contributed by atoms with Crippen LogP contribution in [0.3, 0.4) is 0 Å². The van der Waals surface area contributed by atoms with Crippen LogP contribution in [0, 0.1) is 28.6 Å². The lowest BCUT2D eigenvalue weighted by molar-refractivity contribution is -0.390. The fourth-order valence-electron chi connectivity index (χ4n) is 8.92. The van der Waals surface area contributed by atoms with Gasteiger partial charge in [-0.3, -0.25) is 0 Å². The average molecular weight is 518 g/mol. The molecule has 0 bridgehead atoms. The van der Waals surface area contributed by atoms with Crippen molar-refractivity contribution in [2.45, 2.75) is 88.6 Å². The molecule has 4 saturated carbocycles. The Hall–Kier alpha value is -2.20. The summed E-state index contributed by atoms with van der Waals surface area (Å²) in [5.74, 6) is -1.25. The third-order valence-corrected chi connectivity index (χ3v) is 10.7. The van der Waals surface area contributed by atoms with Crippen molar-refractivity contribution in [1.82, 2.24) is 0 Å². The molecule has 0 saturated heterocycles. The Morgan fingerprint density at radius 2 is 1.89 bits per heavy atom. The smallest absolute Gasteiger partial charge is 0.331 e. The van der Waals surface area contributed by atoms with Crippen LogP contribution in [0.5, 0.6) is 0 Å². The van der Waals surface area contributed by atoms with E-state index < -0.39 is 34.1 Å². The predicted molar refractivity (Wildman–Crippen MR) is 128 cm³/mol. The van der Waals surface area contributed by atoms with E-state index in [1.807, 2.05) is 12.1 Å². The van der Waals surface area contributed by atoms with Crippen molar-refractivity contribution < 1.29 is 44.9 Å². The molecule has 5 aliphatic rings. The Labute approximate surface area is 216 Å². The second kappa shape index (κ2) is 9.22. The minimum absolute atomic E-state index is 0.0304. The number of carbonyl (C=O) groups is 2. The second-order valence-electron chi connectivity index (χ2n) is 12.1. The third-order valence-electron chi connectivity index (χ3n) is 10.7. The Kier molecular flexibility index (Phi) is 6.58. The van der Waals surface area contributed by atoms with Gasteiger partial charge in [-0.15, -0.1) is 0 Å². The summed E-state index contributed by atoms with van der Waals surface area (Å²) in [5, 5.41) is 46.2. The first-order chi connectivity index (χ1) is 17.5. The summed E-state index contributed by atoms with van der Waals surface area (Å²) < 4.78 is 10.0. The monoisotopic (exact) mass is 517 g/mol. The fraction of sp³-hybridized carbons (Fsp3) is 0.714. The molecule has 1 aromatic rings. The zero-order valence-corrected chi connectivity index (χ0v) is 21.5. The van der Waals surface area contributed by atoms with Gasteiger partial charge in [0.05, 0.1) is 29.5 Å². The molecule has 6 N–H and O–H groups in total. The van der Waals surface area contributed by atoms with Crippen LogP contribution in [0.2, 0.25) is 0 Å². The summed E-state index contributed by atoms with van der Waals surface area (Å²) in [4.78, 5) is 24.2. The maximum atomic E-state index is 12.6. The molecule has 6 rings (SSSR count). The van der Waals surface area contributed by atoms with E-state index in [-0.39, 0.29) is 49.6 Å². The SMILES string of the molecule is C[C@]12CC[C@H]3C(CCC4(O)CC(O)CC[C@]34C(=O)[O-])C1(O)CC[C@H]2C1=CC(=O)OC1.[NH3+]Cc1ccco1. The number of aliphatic hydroxyl groups excluding tert-OH is 1. The number of hydrogen-bond acceptors (Lipinski definition) is 8. The standard InChI is InChI=1S/C23H32O7.C5H7NO/c1-20-6-3-16-17(23(20,29)9-5-15(20)13-10-18(25)30-12-13)4-7-21(28)11-14(24)2-8-22(16,21)19(26)27;6-4-5-2-1-3-7-5/h10,14-17,24,28-29H,2-9,11-12H2,1H3,(H,26,27);1-3H,4,6H2/t14?,15-,16-,17?,20+,21?,22+,23?;/m0./s1. The molecule has 9 heteroatoms. The van der Waals surface area contributed by atoms with Crippen LogP contribution < -0.4 is 10.8 Å². The van der Waals surface area contributed by atoms with E-state index in [0.29, 0.717) is 32.1 Å². The van der Waals surface area contributed by atoms with E-state index in [1.54, 1.807) is 12.3 Å². The first kappa shape index (κ1) is 26.4. The van der Waals surface area contributed by atoms with Crippen LogP contribution in [0.15, 0.2) is 34.5 Å². The third kappa shape index (κ3) is 3.80. The number of fused-ring (bicyclic) bond motifs is 5. The number of cyclic esters (lactones) is 1. The maximum absolute atomic E-state index is 12.6. The molecule has 4 unspecified atom stereocenters. The van der Waals surface area contributed by atoms with Crippen molar-refractivity contribution in [3.8, 4) is 0 Å². The summed E-state index contributed by atoms with van der Waals surface area (Å²) >= 11 is 0. The van der Waals surface area contributed by atoms with E-state index in [2.05, 4.69) is 12.7 Å². The number of aliphatic hydroxyl groups is 3. The average Bonchev–Trinajstić information content (AvgIpc) is 3.58. The Bertz CT molecular complexity index is 1070. The van der Waals surface area contributed by atoms with Gasteiger partial charge in [0.2, 0.25) is 0 Å². The zero-order chi connectivity index (χ0) is 26.6. The van der Waals surface area contributed by atoms with Crippen LogP contribution in [0.4, 0.5) is 0 Å². The molecule has 4 aliphatic carbocycles.